The van der Waals surface area contributed by atoms with Crippen molar-refractivity contribution < 1.29 is 19.4 Å². The lowest BCUT2D eigenvalue weighted by Gasteiger charge is -2.41. The predicted molar refractivity (Wildman–Crippen MR) is 65.5 cm³/mol. The lowest BCUT2D eigenvalue weighted by molar-refractivity contribution is -0.169. The average molecular weight is 244 g/mol. The molecule has 4 nitrogen and oxygen atoms in total. The molecule has 0 aromatic heterocycles. The van der Waals surface area contributed by atoms with Gasteiger partial charge in [-0.15, -0.1) is 0 Å². The van der Waals surface area contributed by atoms with Gasteiger partial charge in [-0.2, -0.15) is 0 Å². The van der Waals surface area contributed by atoms with Gasteiger partial charge >= 0.3 is 5.97 Å². The molecule has 0 heterocycles. The van der Waals surface area contributed by atoms with Gasteiger partial charge in [-0.25, -0.2) is 0 Å². The molecule has 1 N–H and O–H groups in total. The van der Waals surface area contributed by atoms with Crippen LogP contribution in [0.5, 0.6) is 0 Å². The Balaban J connectivity index is 5.42. The van der Waals surface area contributed by atoms with Crippen molar-refractivity contribution in [3.63, 3.8) is 0 Å². The first-order valence-electron chi connectivity index (χ1n) is 5.70. The first-order chi connectivity index (χ1) is 7.36. The van der Waals surface area contributed by atoms with Gasteiger partial charge in [0.25, 0.3) is 0 Å². The highest BCUT2D eigenvalue weighted by Gasteiger charge is 2.51. The van der Waals surface area contributed by atoms with Crippen LogP contribution in [0.25, 0.3) is 0 Å². The summed E-state index contributed by atoms with van der Waals surface area (Å²) in [7, 11) is 1.24. The summed E-state index contributed by atoms with van der Waals surface area (Å²) >= 11 is 0. The summed E-state index contributed by atoms with van der Waals surface area (Å²) in [4.78, 5) is 23.7. The standard InChI is InChI=1S/C13H24O4/c1-11(2,3)10(15)13(16,12(4,5)6)8-9(14)17-7/h16H,8H2,1-7H3. The van der Waals surface area contributed by atoms with E-state index in [1.54, 1.807) is 41.5 Å². The number of rotatable bonds is 3. The molecule has 100 valence electrons. The molecular formula is C13H24O4. The summed E-state index contributed by atoms with van der Waals surface area (Å²) in [6, 6.07) is 0. The second kappa shape index (κ2) is 4.77. The van der Waals surface area contributed by atoms with Gasteiger partial charge in [-0.3, -0.25) is 9.59 Å². The topological polar surface area (TPSA) is 63.6 Å². The van der Waals surface area contributed by atoms with Crippen molar-refractivity contribution in [2.45, 2.75) is 53.6 Å². The van der Waals surface area contributed by atoms with Gasteiger partial charge in [0.05, 0.1) is 13.5 Å². The highest BCUT2D eigenvalue weighted by Crippen LogP contribution is 2.39. The van der Waals surface area contributed by atoms with E-state index in [0.29, 0.717) is 0 Å². The average Bonchev–Trinajstić information content (AvgIpc) is 2.12. The lowest BCUT2D eigenvalue weighted by Crippen LogP contribution is -2.55. The molecule has 0 bridgehead atoms. The number of aliphatic hydroxyl groups is 1. The minimum atomic E-state index is -1.71. The van der Waals surface area contributed by atoms with Gasteiger partial charge in [0.2, 0.25) is 0 Å². The number of hydrogen-bond acceptors (Lipinski definition) is 4. The van der Waals surface area contributed by atoms with E-state index >= 15 is 0 Å². The van der Waals surface area contributed by atoms with E-state index in [-0.39, 0.29) is 12.2 Å². The molecular weight excluding hydrogens is 220 g/mol. The summed E-state index contributed by atoms with van der Waals surface area (Å²) in [6.07, 6.45) is -0.316. The Bertz CT molecular complexity index is 306. The predicted octanol–water partition coefficient (Wildman–Crippen LogP) is 1.94. The monoisotopic (exact) mass is 244 g/mol. The van der Waals surface area contributed by atoms with Crippen LogP contribution < -0.4 is 0 Å². The van der Waals surface area contributed by atoms with Crippen LogP contribution in [0.2, 0.25) is 0 Å². The van der Waals surface area contributed by atoms with Crippen LogP contribution in [0.15, 0.2) is 0 Å². The maximum absolute atomic E-state index is 12.3. The highest BCUT2D eigenvalue weighted by atomic mass is 16.5. The number of carbonyl (C=O) groups is 2. The summed E-state index contributed by atoms with van der Waals surface area (Å²) < 4.78 is 4.55. The highest BCUT2D eigenvalue weighted by molar-refractivity contribution is 5.95. The number of esters is 1. The second-order valence-electron chi connectivity index (χ2n) is 6.44. The quantitative estimate of drug-likeness (QED) is 0.771. The number of carbonyl (C=O) groups excluding carboxylic acids is 2. The molecule has 0 radical (unpaired) electrons. The third-order valence-corrected chi connectivity index (χ3v) is 2.93. The number of Topliss-reactive ketones (excluding diaryl/α,β-unsaturated/α-hetero) is 1. The zero-order valence-corrected chi connectivity index (χ0v) is 11.9. The fourth-order valence-corrected chi connectivity index (χ4v) is 1.59. The molecule has 0 aliphatic rings. The second-order valence-corrected chi connectivity index (χ2v) is 6.44. The molecule has 0 saturated carbocycles. The van der Waals surface area contributed by atoms with Crippen molar-refractivity contribution in [2.75, 3.05) is 7.11 Å². The number of ether oxygens (including phenoxy) is 1. The number of ketones is 1. The zero-order valence-electron chi connectivity index (χ0n) is 11.9. The largest absolute Gasteiger partial charge is 0.469 e. The van der Waals surface area contributed by atoms with E-state index < -0.39 is 22.4 Å². The fourth-order valence-electron chi connectivity index (χ4n) is 1.59. The first-order valence-corrected chi connectivity index (χ1v) is 5.70. The van der Waals surface area contributed by atoms with Crippen LogP contribution in [0.4, 0.5) is 0 Å². The van der Waals surface area contributed by atoms with Crippen LogP contribution in [0.3, 0.4) is 0 Å². The Kier molecular flexibility index (Phi) is 4.51. The first kappa shape index (κ1) is 16.1. The maximum atomic E-state index is 12.3. The van der Waals surface area contributed by atoms with E-state index in [9.17, 15) is 14.7 Å². The zero-order chi connectivity index (χ0) is 14.1. The molecule has 0 saturated heterocycles. The van der Waals surface area contributed by atoms with E-state index in [0.717, 1.165) is 0 Å². The maximum Gasteiger partial charge on any atom is 0.308 e. The third kappa shape index (κ3) is 3.53. The molecule has 1 atom stereocenters. The number of methoxy groups -OCH3 is 1. The van der Waals surface area contributed by atoms with Crippen molar-refractivity contribution in [2.24, 2.45) is 10.8 Å². The summed E-state index contributed by atoms with van der Waals surface area (Å²) in [5.41, 5.74) is -3.15. The van der Waals surface area contributed by atoms with E-state index in [4.69, 9.17) is 0 Å². The van der Waals surface area contributed by atoms with Crippen LogP contribution in [-0.4, -0.2) is 29.6 Å². The fraction of sp³-hybridized carbons (Fsp3) is 0.846. The van der Waals surface area contributed by atoms with Gasteiger partial charge in [0.1, 0.15) is 5.60 Å². The molecule has 0 aliphatic carbocycles. The van der Waals surface area contributed by atoms with E-state index in [1.165, 1.54) is 7.11 Å². The molecule has 0 aromatic rings. The minimum Gasteiger partial charge on any atom is -0.469 e. The molecule has 4 heteroatoms. The van der Waals surface area contributed by atoms with Crippen molar-refractivity contribution >= 4 is 11.8 Å². The summed E-state index contributed by atoms with van der Waals surface area (Å²) in [5, 5.41) is 10.6. The van der Waals surface area contributed by atoms with Gasteiger partial charge in [0, 0.05) is 5.41 Å². The van der Waals surface area contributed by atoms with Gasteiger partial charge in [-0.1, -0.05) is 41.5 Å². The van der Waals surface area contributed by atoms with Crippen LogP contribution in [-0.2, 0) is 14.3 Å². The molecule has 0 fully saturated rings. The molecule has 0 aliphatic heterocycles. The van der Waals surface area contributed by atoms with Gasteiger partial charge < -0.3 is 9.84 Å². The van der Waals surface area contributed by atoms with Crippen LogP contribution in [0, 0.1) is 10.8 Å². The van der Waals surface area contributed by atoms with Crippen molar-refractivity contribution in [1.82, 2.24) is 0 Å². The Hall–Kier alpha value is -0.900. The van der Waals surface area contributed by atoms with Crippen molar-refractivity contribution in [3.8, 4) is 0 Å². The van der Waals surface area contributed by atoms with Crippen molar-refractivity contribution in [3.05, 3.63) is 0 Å². The van der Waals surface area contributed by atoms with Crippen molar-refractivity contribution in [1.29, 1.82) is 0 Å². The lowest BCUT2D eigenvalue weighted by atomic mass is 9.66. The normalized spacial score (nSPS) is 16.2. The van der Waals surface area contributed by atoms with E-state index in [2.05, 4.69) is 4.74 Å². The molecule has 1 unspecified atom stereocenters. The van der Waals surface area contributed by atoms with Gasteiger partial charge in [-0.05, 0) is 5.41 Å². The Labute approximate surface area is 103 Å². The smallest absolute Gasteiger partial charge is 0.308 e. The van der Waals surface area contributed by atoms with Crippen LogP contribution in [0.1, 0.15) is 48.0 Å². The molecule has 0 rings (SSSR count). The molecule has 0 spiro atoms. The van der Waals surface area contributed by atoms with E-state index in [1.807, 2.05) is 0 Å². The van der Waals surface area contributed by atoms with Crippen LogP contribution >= 0.6 is 0 Å². The Morgan fingerprint density at radius 3 is 1.71 bits per heavy atom. The summed E-state index contributed by atoms with van der Waals surface area (Å²) in [5.74, 6) is -0.928. The molecule has 17 heavy (non-hydrogen) atoms. The molecule has 0 aromatic carbocycles. The Morgan fingerprint density at radius 2 is 1.47 bits per heavy atom. The third-order valence-electron chi connectivity index (χ3n) is 2.93. The van der Waals surface area contributed by atoms with Gasteiger partial charge in [0.15, 0.2) is 5.78 Å². The number of hydrogen-bond donors (Lipinski definition) is 1. The Morgan fingerprint density at radius 1 is 1.06 bits per heavy atom. The SMILES string of the molecule is COC(=O)CC(O)(C(=O)C(C)(C)C)C(C)(C)C. The summed E-state index contributed by atoms with van der Waals surface area (Å²) in [6.45, 7) is 10.4. The minimum absolute atomic E-state index is 0.316. The molecule has 0 amide bonds.